The number of aldehydes is 1. The Labute approximate surface area is 69.6 Å². The number of carbonyl (C=O) groups excluding carboxylic acids is 1. The molecule has 0 aromatic heterocycles. The Hall–Kier alpha value is -0.370. The van der Waals surface area contributed by atoms with Crippen molar-refractivity contribution in [2.24, 2.45) is 0 Å². The van der Waals surface area contributed by atoms with Crippen molar-refractivity contribution >= 4 is 6.29 Å². The summed E-state index contributed by atoms with van der Waals surface area (Å²) in [6, 6.07) is 0. The molecule has 0 fully saturated rings. The van der Waals surface area contributed by atoms with Crippen LogP contribution in [0.15, 0.2) is 0 Å². The second-order valence-electron chi connectivity index (χ2n) is 2.39. The number of aliphatic hydroxyl groups is 1. The molecule has 0 aromatic carbocycles. The number of unbranched alkanes of at least 4 members (excludes halogenated alkanes) is 3. The molecule has 2 nitrogen and oxygen atoms in total. The fourth-order valence-electron chi connectivity index (χ4n) is 0.446. The lowest BCUT2D eigenvalue weighted by Gasteiger charge is -1.79. The minimum absolute atomic E-state index is 0.344. The van der Waals surface area contributed by atoms with Crippen molar-refractivity contribution in [2.45, 2.75) is 46.0 Å². The van der Waals surface area contributed by atoms with Gasteiger partial charge in [0.2, 0.25) is 0 Å². The van der Waals surface area contributed by atoms with E-state index in [9.17, 15) is 4.79 Å². The van der Waals surface area contributed by atoms with Gasteiger partial charge in [-0.05, 0) is 12.8 Å². The molecule has 0 aliphatic rings. The van der Waals surface area contributed by atoms with Crippen LogP contribution < -0.4 is 0 Å². The number of rotatable bonds is 5. The van der Waals surface area contributed by atoms with Gasteiger partial charge in [-0.25, -0.2) is 0 Å². The fourth-order valence-corrected chi connectivity index (χ4v) is 0.446. The van der Waals surface area contributed by atoms with Crippen LogP contribution in [0.3, 0.4) is 0 Å². The summed E-state index contributed by atoms with van der Waals surface area (Å²) in [5.74, 6) is 0. The predicted molar refractivity (Wildman–Crippen MR) is 47.6 cm³/mol. The smallest absolute Gasteiger partial charge is 0.119 e. The van der Waals surface area contributed by atoms with E-state index in [1.165, 1.54) is 0 Å². The second-order valence-corrected chi connectivity index (χ2v) is 2.39. The largest absolute Gasteiger partial charge is 0.396 e. The maximum Gasteiger partial charge on any atom is 0.119 e. The zero-order valence-corrected chi connectivity index (χ0v) is 7.68. The van der Waals surface area contributed by atoms with Crippen molar-refractivity contribution in [2.75, 3.05) is 6.61 Å². The van der Waals surface area contributed by atoms with Crippen LogP contribution in [0, 0.1) is 0 Å². The third-order valence-electron chi connectivity index (χ3n) is 1.19. The van der Waals surface area contributed by atoms with E-state index in [1.54, 1.807) is 0 Å². The first kappa shape index (κ1) is 13.2. The van der Waals surface area contributed by atoms with Crippen LogP contribution in [0.5, 0.6) is 0 Å². The summed E-state index contributed by atoms with van der Waals surface area (Å²) in [5.41, 5.74) is 0. The number of aliphatic hydroxyl groups excluding tert-OH is 1. The molecule has 0 rings (SSSR count). The monoisotopic (exact) mass is 160 g/mol. The normalized spacial score (nSPS) is 8.27. The zero-order valence-electron chi connectivity index (χ0n) is 7.68. The summed E-state index contributed by atoms with van der Waals surface area (Å²) in [4.78, 5) is 9.56. The summed E-state index contributed by atoms with van der Waals surface area (Å²) in [6.45, 7) is 4.47. The summed E-state index contributed by atoms with van der Waals surface area (Å²) in [7, 11) is 0. The SMILES string of the molecule is CCCCC=O.CCCCO. The van der Waals surface area contributed by atoms with Gasteiger partial charge in [0.05, 0.1) is 0 Å². The molecular formula is C9H20O2. The van der Waals surface area contributed by atoms with E-state index in [-0.39, 0.29) is 0 Å². The Morgan fingerprint density at radius 2 is 1.73 bits per heavy atom. The van der Waals surface area contributed by atoms with E-state index in [2.05, 4.69) is 13.8 Å². The first-order valence-corrected chi connectivity index (χ1v) is 4.37. The highest BCUT2D eigenvalue weighted by Gasteiger charge is 1.75. The van der Waals surface area contributed by atoms with Crippen LogP contribution >= 0.6 is 0 Å². The van der Waals surface area contributed by atoms with Gasteiger partial charge in [0.25, 0.3) is 0 Å². The van der Waals surface area contributed by atoms with Gasteiger partial charge in [-0.2, -0.15) is 0 Å². The number of hydrogen-bond acceptors (Lipinski definition) is 2. The quantitative estimate of drug-likeness (QED) is 0.494. The van der Waals surface area contributed by atoms with Gasteiger partial charge in [-0.3, -0.25) is 0 Å². The molecule has 2 heteroatoms. The van der Waals surface area contributed by atoms with Crippen molar-refractivity contribution < 1.29 is 9.90 Å². The molecule has 0 unspecified atom stereocenters. The zero-order chi connectivity index (χ0) is 8.95. The summed E-state index contributed by atoms with van der Waals surface area (Å²) >= 11 is 0. The van der Waals surface area contributed by atoms with E-state index in [1.807, 2.05) is 0 Å². The van der Waals surface area contributed by atoms with E-state index in [0.29, 0.717) is 6.61 Å². The van der Waals surface area contributed by atoms with E-state index in [0.717, 1.165) is 38.4 Å². The topological polar surface area (TPSA) is 37.3 Å². The van der Waals surface area contributed by atoms with Crippen LogP contribution in [0.4, 0.5) is 0 Å². The van der Waals surface area contributed by atoms with Crippen LogP contribution in [0.25, 0.3) is 0 Å². The second kappa shape index (κ2) is 16.3. The third kappa shape index (κ3) is 26.2. The van der Waals surface area contributed by atoms with Crippen molar-refractivity contribution in [1.82, 2.24) is 0 Å². The molecule has 68 valence electrons. The molecule has 11 heavy (non-hydrogen) atoms. The lowest BCUT2D eigenvalue weighted by Crippen LogP contribution is -1.75. The minimum atomic E-state index is 0.344. The van der Waals surface area contributed by atoms with Crippen molar-refractivity contribution in [3.8, 4) is 0 Å². The Bertz CT molecular complexity index is 60.6. The van der Waals surface area contributed by atoms with Gasteiger partial charge >= 0.3 is 0 Å². The molecule has 0 saturated carbocycles. The summed E-state index contributed by atoms with van der Waals surface area (Å²) in [5, 5.41) is 8.07. The molecule has 0 spiro atoms. The highest BCUT2D eigenvalue weighted by molar-refractivity contribution is 5.48. The molecular weight excluding hydrogens is 140 g/mol. The molecule has 0 aliphatic carbocycles. The average molecular weight is 160 g/mol. The summed E-state index contributed by atoms with van der Waals surface area (Å²) in [6.07, 6.45) is 5.90. The van der Waals surface area contributed by atoms with E-state index < -0.39 is 0 Å². The first-order valence-electron chi connectivity index (χ1n) is 4.37. The molecule has 0 atom stereocenters. The lowest BCUT2D eigenvalue weighted by molar-refractivity contribution is -0.107. The van der Waals surface area contributed by atoms with Crippen molar-refractivity contribution in [3.63, 3.8) is 0 Å². The molecule has 0 aliphatic heterocycles. The summed E-state index contributed by atoms with van der Waals surface area (Å²) < 4.78 is 0. The van der Waals surface area contributed by atoms with Gasteiger partial charge in [-0.1, -0.05) is 26.7 Å². The molecule has 0 heterocycles. The Kier molecular flexibility index (Phi) is 19.6. The van der Waals surface area contributed by atoms with E-state index >= 15 is 0 Å². The molecule has 0 aromatic rings. The number of carbonyl (C=O) groups is 1. The highest BCUT2D eigenvalue weighted by atomic mass is 16.2. The highest BCUT2D eigenvalue weighted by Crippen LogP contribution is 1.87. The maximum atomic E-state index is 9.56. The Balaban J connectivity index is 0. The maximum absolute atomic E-state index is 9.56. The molecule has 0 amide bonds. The minimum Gasteiger partial charge on any atom is -0.396 e. The number of hydrogen-bond donors (Lipinski definition) is 1. The van der Waals surface area contributed by atoms with Crippen molar-refractivity contribution in [1.29, 1.82) is 0 Å². The van der Waals surface area contributed by atoms with Gasteiger partial charge in [0.15, 0.2) is 0 Å². The van der Waals surface area contributed by atoms with Gasteiger partial charge in [-0.15, -0.1) is 0 Å². The molecule has 1 N–H and O–H groups in total. The van der Waals surface area contributed by atoms with Crippen LogP contribution in [-0.4, -0.2) is 18.0 Å². The van der Waals surface area contributed by atoms with Crippen LogP contribution in [-0.2, 0) is 4.79 Å². The van der Waals surface area contributed by atoms with Crippen LogP contribution in [0.1, 0.15) is 46.0 Å². The molecule has 0 radical (unpaired) electrons. The average Bonchev–Trinajstić information content (AvgIpc) is 2.04. The van der Waals surface area contributed by atoms with Crippen molar-refractivity contribution in [3.05, 3.63) is 0 Å². The van der Waals surface area contributed by atoms with Gasteiger partial charge < -0.3 is 9.90 Å². The molecule has 0 bridgehead atoms. The molecule has 0 saturated heterocycles. The van der Waals surface area contributed by atoms with Crippen LogP contribution in [0.2, 0.25) is 0 Å². The third-order valence-corrected chi connectivity index (χ3v) is 1.19. The Morgan fingerprint density at radius 1 is 1.18 bits per heavy atom. The van der Waals surface area contributed by atoms with E-state index in [4.69, 9.17) is 5.11 Å². The Morgan fingerprint density at radius 3 is 1.82 bits per heavy atom. The standard InChI is InChI=1S/C5H10O.C4H10O/c1-2-3-4-5-6;1-2-3-4-5/h5H,2-4H2,1H3;5H,2-4H2,1H3. The van der Waals surface area contributed by atoms with Gasteiger partial charge in [0.1, 0.15) is 6.29 Å². The predicted octanol–water partition coefficient (Wildman–Crippen LogP) is 2.15. The van der Waals surface area contributed by atoms with Gasteiger partial charge in [0, 0.05) is 13.0 Å². The first-order chi connectivity index (χ1) is 5.33. The lowest BCUT2D eigenvalue weighted by atomic mass is 10.3. The fraction of sp³-hybridized carbons (Fsp3) is 0.889.